The molecule has 0 atom stereocenters. The average Bonchev–Trinajstić information content (AvgIpc) is 2.79. The largest absolute Gasteiger partial charge is 0.364 e. The van der Waals surface area contributed by atoms with Crippen molar-refractivity contribution in [3.05, 3.63) is 22.6 Å². The Morgan fingerprint density at radius 1 is 1.15 bits per heavy atom. The number of hydrogen-bond donors (Lipinski definition) is 2. The van der Waals surface area contributed by atoms with Crippen LogP contribution in [0.2, 0.25) is 0 Å². The van der Waals surface area contributed by atoms with Crippen molar-refractivity contribution in [1.29, 1.82) is 0 Å². The first-order chi connectivity index (χ1) is 9.81. The summed E-state index contributed by atoms with van der Waals surface area (Å²) >= 11 is 0. The van der Waals surface area contributed by atoms with Crippen LogP contribution < -0.4 is 15.9 Å². The molecule has 4 heterocycles. The Labute approximate surface area is 115 Å². The number of fused-ring (bicyclic) bond motifs is 1. The molecule has 0 radical (unpaired) electrons. The summed E-state index contributed by atoms with van der Waals surface area (Å²) in [4.78, 5) is 16.3. The topological polar surface area (TPSA) is 81.6 Å². The van der Waals surface area contributed by atoms with E-state index in [1.807, 2.05) is 12.1 Å². The molecule has 2 aliphatic rings. The molecule has 2 fully saturated rings. The second kappa shape index (κ2) is 4.57. The van der Waals surface area contributed by atoms with E-state index in [1.54, 1.807) is 0 Å². The van der Waals surface area contributed by atoms with Gasteiger partial charge in [-0.25, -0.2) is 9.89 Å². The molecule has 0 bridgehead atoms. The van der Waals surface area contributed by atoms with Gasteiger partial charge in [-0.05, 0) is 12.1 Å². The molecule has 2 saturated heterocycles. The molecule has 8 nitrogen and oxygen atoms in total. The van der Waals surface area contributed by atoms with Gasteiger partial charge >= 0.3 is 5.69 Å². The van der Waals surface area contributed by atoms with Crippen LogP contribution in [0.5, 0.6) is 0 Å². The molecular weight excluding hydrogens is 258 g/mol. The van der Waals surface area contributed by atoms with E-state index < -0.39 is 0 Å². The number of piperazine rings is 1. The summed E-state index contributed by atoms with van der Waals surface area (Å²) in [7, 11) is 0. The molecule has 2 N–H and O–H groups in total. The highest BCUT2D eigenvalue weighted by Crippen LogP contribution is 2.15. The first kappa shape index (κ1) is 11.9. The van der Waals surface area contributed by atoms with E-state index >= 15 is 0 Å². The van der Waals surface area contributed by atoms with Crippen LogP contribution in [0.1, 0.15) is 0 Å². The molecule has 4 rings (SSSR count). The maximum atomic E-state index is 11.6. The van der Waals surface area contributed by atoms with Gasteiger partial charge in [-0.1, -0.05) is 0 Å². The molecule has 0 spiro atoms. The molecular formula is C12H17N7O. The number of anilines is 1. The summed E-state index contributed by atoms with van der Waals surface area (Å²) in [5.74, 6) is 0.840. The number of aromatic nitrogens is 4. The second-order valence-electron chi connectivity index (χ2n) is 5.33. The summed E-state index contributed by atoms with van der Waals surface area (Å²) in [5.41, 5.74) is 0.263. The van der Waals surface area contributed by atoms with E-state index in [9.17, 15) is 4.79 Å². The zero-order valence-corrected chi connectivity index (χ0v) is 11.1. The monoisotopic (exact) mass is 275 g/mol. The molecule has 0 aromatic carbocycles. The first-order valence-corrected chi connectivity index (χ1v) is 6.95. The van der Waals surface area contributed by atoms with E-state index in [0.717, 1.165) is 45.1 Å². The Balaban J connectivity index is 1.52. The van der Waals surface area contributed by atoms with Crippen LogP contribution in [0, 0.1) is 0 Å². The third-order valence-corrected chi connectivity index (χ3v) is 4.17. The molecule has 2 aromatic rings. The van der Waals surface area contributed by atoms with E-state index in [4.69, 9.17) is 0 Å². The van der Waals surface area contributed by atoms with Gasteiger partial charge in [0.05, 0.1) is 0 Å². The van der Waals surface area contributed by atoms with Crippen molar-refractivity contribution in [2.45, 2.75) is 6.04 Å². The predicted molar refractivity (Wildman–Crippen MR) is 74.1 cm³/mol. The summed E-state index contributed by atoms with van der Waals surface area (Å²) in [5, 5.41) is 14.0. The molecule has 0 amide bonds. The van der Waals surface area contributed by atoms with Crippen molar-refractivity contribution < 1.29 is 0 Å². The van der Waals surface area contributed by atoms with Crippen molar-refractivity contribution in [2.75, 3.05) is 44.2 Å². The fraction of sp³-hybridized carbons (Fsp3) is 0.583. The third kappa shape index (κ3) is 1.88. The molecule has 2 aromatic heterocycles. The minimum atomic E-state index is -0.291. The number of nitrogens with zero attached hydrogens (tertiary/aromatic N) is 5. The fourth-order valence-electron chi connectivity index (χ4n) is 2.81. The minimum Gasteiger partial charge on any atom is -0.353 e. The Kier molecular flexibility index (Phi) is 2.71. The van der Waals surface area contributed by atoms with Crippen molar-refractivity contribution in [2.24, 2.45) is 0 Å². The number of aromatic amines is 1. The predicted octanol–water partition coefficient (Wildman–Crippen LogP) is -1.49. The maximum Gasteiger partial charge on any atom is 0.364 e. The van der Waals surface area contributed by atoms with Gasteiger partial charge in [-0.2, -0.15) is 9.61 Å². The quantitative estimate of drug-likeness (QED) is 0.695. The molecule has 20 heavy (non-hydrogen) atoms. The number of H-pyrrole nitrogens is 1. The molecule has 0 aliphatic carbocycles. The summed E-state index contributed by atoms with van der Waals surface area (Å²) in [6, 6.07) is 4.45. The molecule has 0 saturated carbocycles. The third-order valence-electron chi connectivity index (χ3n) is 4.17. The highest BCUT2D eigenvalue weighted by Gasteiger charge is 2.28. The van der Waals surface area contributed by atoms with Gasteiger partial charge in [0.15, 0.2) is 5.65 Å². The Morgan fingerprint density at radius 3 is 2.65 bits per heavy atom. The van der Waals surface area contributed by atoms with Gasteiger partial charge in [0.1, 0.15) is 5.82 Å². The standard InChI is InChI=1S/C12H17N7O/c20-12-15-14-10-1-2-11(16-19(10)12)18-5-3-17(4-6-18)9-7-13-8-9/h1-2,9,13H,3-8H2,(H,15,20). The van der Waals surface area contributed by atoms with Gasteiger partial charge in [0, 0.05) is 45.3 Å². The molecule has 2 aliphatic heterocycles. The second-order valence-corrected chi connectivity index (χ2v) is 5.33. The van der Waals surface area contributed by atoms with Crippen molar-refractivity contribution in [1.82, 2.24) is 30.0 Å². The van der Waals surface area contributed by atoms with Crippen molar-refractivity contribution in [3.8, 4) is 0 Å². The molecule has 8 heteroatoms. The number of rotatable bonds is 2. The fourth-order valence-corrected chi connectivity index (χ4v) is 2.81. The number of nitrogens with one attached hydrogen (secondary N) is 2. The zero-order chi connectivity index (χ0) is 13.5. The first-order valence-electron chi connectivity index (χ1n) is 6.95. The van der Waals surface area contributed by atoms with Gasteiger partial charge in [0.2, 0.25) is 0 Å². The minimum absolute atomic E-state index is 0.291. The van der Waals surface area contributed by atoms with Gasteiger partial charge in [0.25, 0.3) is 0 Å². The van der Waals surface area contributed by atoms with Crippen LogP contribution in [-0.2, 0) is 0 Å². The Morgan fingerprint density at radius 2 is 1.95 bits per heavy atom. The van der Waals surface area contributed by atoms with Crippen LogP contribution >= 0.6 is 0 Å². The van der Waals surface area contributed by atoms with Crippen LogP contribution in [-0.4, -0.2) is 70.0 Å². The lowest BCUT2D eigenvalue weighted by Gasteiger charge is -2.43. The summed E-state index contributed by atoms with van der Waals surface area (Å²) < 4.78 is 1.32. The maximum absolute atomic E-state index is 11.6. The molecule has 0 unspecified atom stereocenters. The van der Waals surface area contributed by atoms with Crippen molar-refractivity contribution in [3.63, 3.8) is 0 Å². The average molecular weight is 275 g/mol. The summed E-state index contributed by atoms with van der Waals surface area (Å²) in [6.07, 6.45) is 0. The van der Waals surface area contributed by atoms with Gasteiger partial charge in [-0.3, -0.25) is 4.90 Å². The Bertz CT molecular complexity index is 666. The van der Waals surface area contributed by atoms with Crippen LogP contribution in [0.4, 0.5) is 5.82 Å². The highest BCUT2D eigenvalue weighted by atomic mass is 16.2. The highest BCUT2D eigenvalue weighted by molar-refractivity contribution is 5.45. The number of hydrogen-bond acceptors (Lipinski definition) is 6. The lowest BCUT2D eigenvalue weighted by Crippen LogP contribution is -2.61. The lowest BCUT2D eigenvalue weighted by atomic mass is 10.1. The zero-order valence-electron chi connectivity index (χ0n) is 11.1. The van der Waals surface area contributed by atoms with E-state index in [2.05, 4.69) is 30.4 Å². The van der Waals surface area contributed by atoms with Crippen LogP contribution in [0.3, 0.4) is 0 Å². The van der Waals surface area contributed by atoms with E-state index in [-0.39, 0.29) is 5.69 Å². The van der Waals surface area contributed by atoms with Crippen molar-refractivity contribution >= 4 is 11.5 Å². The van der Waals surface area contributed by atoms with Gasteiger partial charge in [-0.15, -0.1) is 5.10 Å². The van der Waals surface area contributed by atoms with Crippen LogP contribution in [0.15, 0.2) is 16.9 Å². The Hall–Kier alpha value is -1.93. The van der Waals surface area contributed by atoms with E-state index in [1.165, 1.54) is 4.52 Å². The van der Waals surface area contributed by atoms with E-state index in [0.29, 0.717) is 11.7 Å². The van der Waals surface area contributed by atoms with Crippen LogP contribution in [0.25, 0.3) is 5.65 Å². The summed E-state index contributed by atoms with van der Waals surface area (Å²) in [6.45, 7) is 6.20. The molecule has 106 valence electrons. The SMILES string of the molecule is O=c1[nH]nc2ccc(N3CCN(C4CNC4)CC3)nn12. The van der Waals surface area contributed by atoms with Gasteiger partial charge < -0.3 is 10.2 Å². The smallest absolute Gasteiger partial charge is 0.353 e. The lowest BCUT2D eigenvalue weighted by molar-refractivity contribution is 0.137. The normalized spacial score (nSPS) is 21.3.